The molecule has 1 amide bonds. The zero-order valence-corrected chi connectivity index (χ0v) is 16.5. The number of methoxy groups -OCH3 is 2. The topological polar surface area (TPSA) is 80.6 Å². The second-order valence-corrected chi connectivity index (χ2v) is 6.44. The van der Waals surface area contributed by atoms with Gasteiger partial charge in [0.15, 0.2) is 11.5 Å². The molecule has 0 aliphatic heterocycles. The van der Waals surface area contributed by atoms with Gasteiger partial charge in [0.05, 0.1) is 26.5 Å². The molecule has 0 saturated carbocycles. The van der Waals surface area contributed by atoms with E-state index in [4.69, 9.17) is 14.2 Å². The molecule has 0 atom stereocenters. The fraction of sp³-hybridized carbons (Fsp3) is 0.273. The lowest BCUT2D eigenvalue weighted by Crippen LogP contribution is -2.14. The summed E-state index contributed by atoms with van der Waals surface area (Å²) < 4.78 is 16.3. The molecule has 0 spiro atoms. The van der Waals surface area contributed by atoms with Gasteiger partial charge >= 0.3 is 0 Å². The minimum absolute atomic E-state index is 0.0362. The van der Waals surface area contributed by atoms with Crippen molar-refractivity contribution in [1.82, 2.24) is 0 Å². The van der Waals surface area contributed by atoms with Crippen molar-refractivity contribution in [2.45, 2.75) is 13.8 Å². The van der Waals surface area contributed by atoms with Gasteiger partial charge in [-0.05, 0) is 41.8 Å². The molecule has 0 heterocycles. The molecular weight excluding hydrogens is 356 g/mol. The molecule has 2 aromatic carbocycles. The maximum atomic E-state index is 12.5. The highest BCUT2D eigenvalue weighted by Gasteiger charge is 2.13. The minimum Gasteiger partial charge on any atom is -0.495 e. The van der Waals surface area contributed by atoms with Crippen molar-refractivity contribution in [3.05, 3.63) is 53.6 Å². The van der Waals surface area contributed by atoms with Crippen LogP contribution in [0.3, 0.4) is 0 Å². The van der Waals surface area contributed by atoms with Gasteiger partial charge in [0.25, 0.3) is 5.91 Å². The number of nitriles is 1. The van der Waals surface area contributed by atoms with E-state index in [1.165, 1.54) is 13.2 Å². The second kappa shape index (κ2) is 10.0. The Labute approximate surface area is 165 Å². The van der Waals surface area contributed by atoms with E-state index in [0.29, 0.717) is 41.0 Å². The van der Waals surface area contributed by atoms with Crippen molar-refractivity contribution in [2.24, 2.45) is 5.92 Å². The minimum atomic E-state index is -0.521. The maximum absolute atomic E-state index is 12.5. The maximum Gasteiger partial charge on any atom is 0.266 e. The molecule has 2 aromatic rings. The van der Waals surface area contributed by atoms with E-state index in [1.807, 2.05) is 19.9 Å². The first-order chi connectivity index (χ1) is 13.5. The summed E-state index contributed by atoms with van der Waals surface area (Å²) >= 11 is 0. The van der Waals surface area contributed by atoms with E-state index in [-0.39, 0.29) is 5.57 Å². The smallest absolute Gasteiger partial charge is 0.266 e. The third kappa shape index (κ3) is 5.52. The summed E-state index contributed by atoms with van der Waals surface area (Å²) in [5, 5.41) is 12.1. The average Bonchev–Trinajstić information content (AvgIpc) is 2.70. The summed E-state index contributed by atoms with van der Waals surface area (Å²) in [5.74, 6) is 1.50. The van der Waals surface area contributed by atoms with Crippen LogP contribution in [0.25, 0.3) is 6.08 Å². The number of hydrogen-bond donors (Lipinski definition) is 1. The van der Waals surface area contributed by atoms with Crippen molar-refractivity contribution in [2.75, 3.05) is 26.1 Å². The number of nitrogens with one attached hydrogen (secondary N) is 1. The van der Waals surface area contributed by atoms with Crippen LogP contribution in [0.2, 0.25) is 0 Å². The van der Waals surface area contributed by atoms with Gasteiger partial charge in [0, 0.05) is 0 Å². The molecule has 1 N–H and O–H groups in total. The van der Waals surface area contributed by atoms with Crippen LogP contribution in [-0.4, -0.2) is 26.7 Å². The Morgan fingerprint density at radius 1 is 1.11 bits per heavy atom. The standard InChI is InChI=1S/C22H24N2O4/c1-15(2)14-28-21-12-16(9-10-20(21)27-4)11-17(13-23)22(25)24-18-7-5-6-8-19(18)26-3/h5-12,15H,14H2,1-4H3,(H,24,25)/b17-11+. The van der Waals surface area contributed by atoms with Crippen LogP contribution in [-0.2, 0) is 4.79 Å². The van der Waals surface area contributed by atoms with E-state index in [2.05, 4.69) is 5.32 Å². The number of carbonyl (C=O) groups excluding carboxylic acids is 1. The van der Waals surface area contributed by atoms with Gasteiger partial charge in [-0.15, -0.1) is 0 Å². The number of nitrogens with zero attached hydrogens (tertiary/aromatic N) is 1. The van der Waals surface area contributed by atoms with E-state index in [0.717, 1.165) is 0 Å². The lowest BCUT2D eigenvalue weighted by atomic mass is 10.1. The van der Waals surface area contributed by atoms with Crippen LogP contribution in [0.5, 0.6) is 17.2 Å². The fourth-order valence-corrected chi connectivity index (χ4v) is 2.41. The number of anilines is 1. The molecule has 0 aromatic heterocycles. The molecule has 0 fully saturated rings. The molecule has 0 saturated heterocycles. The number of benzene rings is 2. The first-order valence-corrected chi connectivity index (χ1v) is 8.85. The van der Waals surface area contributed by atoms with Crippen LogP contribution < -0.4 is 19.5 Å². The molecule has 0 aliphatic carbocycles. The molecule has 6 nitrogen and oxygen atoms in total. The zero-order valence-electron chi connectivity index (χ0n) is 16.5. The summed E-state index contributed by atoms with van der Waals surface area (Å²) in [4.78, 5) is 12.5. The first kappa shape index (κ1) is 20.8. The summed E-state index contributed by atoms with van der Waals surface area (Å²) in [6, 6.07) is 14.2. The summed E-state index contributed by atoms with van der Waals surface area (Å²) in [6.45, 7) is 4.63. The van der Waals surface area contributed by atoms with Crippen molar-refractivity contribution in [3.8, 4) is 23.3 Å². The van der Waals surface area contributed by atoms with Crippen LogP contribution in [0, 0.1) is 17.2 Å². The van der Waals surface area contributed by atoms with E-state index in [1.54, 1.807) is 49.6 Å². The Kier molecular flexibility index (Phi) is 7.46. The molecule has 146 valence electrons. The van der Waals surface area contributed by atoms with Gasteiger partial charge in [-0.3, -0.25) is 4.79 Å². The van der Waals surface area contributed by atoms with Crippen molar-refractivity contribution >= 4 is 17.7 Å². The summed E-state index contributed by atoms with van der Waals surface area (Å²) in [6.07, 6.45) is 1.51. The Balaban J connectivity index is 2.26. The van der Waals surface area contributed by atoms with Crippen molar-refractivity contribution in [3.63, 3.8) is 0 Å². The zero-order chi connectivity index (χ0) is 20.5. The highest BCUT2D eigenvalue weighted by molar-refractivity contribution is 6.10. The van der Waals surface area contributed by atoms with Crippen LogP contribution in [0.15, 0.2) is 48.0 Å². The highest BCUT2D eigenvalue weighted by atomic mass is 16.5. The Bertz CT molecular complexity index is 898. The lowest BCUT2D eigenvalue weighted by molar-refractivity contribution is -0.112. The number of rotatable bonds is 8. The number of carbonyl (C=O) groups is 1. The number of amides is 1. The quantitative estimate of drug-likeness (QED) is 0.546. The molecule has 0 radical (unpaired) electrons. The van der Waals surface area contributed by atoms with Gasteiger partial charge in [0.2, 0.25) is 0 Å². The van der Waals surface area contributed by atoms with Gasteiger partial charge in [0.1, 0.15) is 17.4 Å². The third-order valence-corrected chi connectivity index (χ3v) is 3.79. The highest BCUT2D eigenvalue weighted by Crippen LogP contribution is 2.30. The molecule has 0 unspecified atom stereocenters. The SMILES string of the molecule is COc1ccccc1NC(=O)/C(C#N)=C/c1ccc(OC)c(OCC(C)C)c1. The summed E-state index contributed by atoms with van der Waals surface area (Å²) in [7, 11) is 3.08. The van der Waals surface area contributed by atoms with Crippen molar-refractivity contribution < 1.29 is 19.0 Å². The number of ether oxygens (including phenoxy) is 3. The molecular formula is C22H24N2O4. The number of hydrogen-bond acceptors (Lipinski definition) is 5. The second-order valence-electron chi connectivity index (χ2n) is 6.44. The van der Waals surface area contributed by atoms with Gasteiger partial charge in [-0.1, -0.05) is 32.0 Å². The Hall–Kier alpha value is -3.46. The van der Waals surface area contributed by atoms with E-state index >= 15 is 0 Å². The van der Waals surface area contributed by atoms with Gasteiger partial charge in [-0.2, -0.15) is 5.26 Å². The molecule has 6 heteroatoms. The Morgan fingerprint density at radius 2 is 1.82 bits per heavy atom. The largest absolute Gasteiger partial charge is 0.495 e. The monoisotopic (exact) mass is 380 g/mol. The van der Waals surface area contributed by atoms with Crippen LogP contribution in [0.1, 0.15) is 19.4 Å². The molecule has 0 aliphatic rings. The number of para-hydroxylation sites is 2. The third-order valence-electron chi connectivity index (χ3n) is 3.79. The molecule has 28 heavy (non-hydrogen) atoms. The van der Waals surface area contributed by atoms with Gasteiger partial charge in [-0.25, -0.2) is 0 Å². The normalized spacial score (nSPS) is 10.9. The van der Waals surface area contributed by atoms with E-state index < -0.39 is 5.91 Å². The Morgan fingerprint density at radius 3 is 2.46 bits per heavy atom. The lowest BCUT2D eigenvalue weighted by Gasteiger charge is -2.13. The fourth-order valence-electron chi connectivity index (χ4n) is 2.41. The predicted octanol–water partition coefficient (Wildman–Crippen LogP) is 4.28. The predicted molar refractivity (Wildman–Crippen MR) is 109 cm³/mol. The first-order valence-electron chi connectivity index (χ1n) is 8.85. The molecule has 0 bridgehead atoms. The average molecular weight is 380 g/mol. The van der Waals surface area contributed by atoms with Crippen LogP contribution in [0.4, 0.5) is 5.69 Å². The van der Waals surface area contributed by atoms with E-state index in [9.17, 15) is 10.1 Å². The van der Waals surface area contributed by atoms with Crippen LogP contribution >= 0.6 is 0 Å². The summed E-state index contributed by atoms with van der Waals surface area (Å²) in [5.41, 5.74) is 1.11. The van der Waals surface area contributed by atoms with Gasteiger partial charge < -0.3 is 19.5 Å². The van der Waals surface area contributed by atoms with Crippen molar-refractivity contribution in [1.29, 1.82) is 5.26 Å². The molecule has 2 rings (SSSR count).